The molecule has 3 aromatic rings. The van der Waals surface area contributed by atoms with Crippen LogP contribution in [0.2, 0.25) is 0 Å². The van der Waals surface area contributed by atoms with Crippen molar-refractivity contribution in [2.24, 2.45) is 5.10 Å². The van der Waals surface area contributed by atoms with Gasteiger partial charge >= 0.3 is 0 Å². The van der Waals surface area contributed by atoms with E-state index in [9.17, 15) is 12.8 Å². The second-order valence-corrected chi connectivity index (χ2v) is 7.89. The molecule has 27 heavy (non-hydrogen) atoms. The van der Waals surface area contributed by atoms with E-state index < -0.39 is 10.0 Å². The molecule has 140 valence electrons. The van der Waals surface area contributed by atoms with Crippen LogP contribution < -0.4 is 4.83 Å². The second-order valence-electron chi connectivity index (χ2n) is 6.29. The zero-order valence-corrected chi connectivity index (χ0v) is 15.9. The lowest BCUT2D eigenvalue weighted by atomic mass is 10.1. The Labute approximate surface area is 157 Å². The van der Waals surface area contributed by atoms with Crippen LogP contribution >= 0.6 is 0 Å². The minimum atomic E-state index is -3.80. The number of benzene rings is 2. The number of sulfonamides is 1. The Bertz CT molecular complexity index is 1080. The van der Waals surface area contributed by atoms with E-state index in [1.807, 2.05) is 19.1 Å². The van der Waals surface area contributed by atoms with Crippen molar-refractivity contribution in [3.63, 3.8) is 0 Å². The largest absolute Gasteiger partial charge is 0.277 e. The van der Waals surface area contributed by atoms with Gasteiger partial charge in [-0.1, -0.05) is 17.7 Å². The van der Waals surface area contributed by atoms with Gasteiger partial charge in [0.25, 0.3) is 10.0 Å². The van der Waals surface area contributed by atoms with Crippen molar-refractivity contribution < 1.29 is 12.8 Å². The number of halogens is 1. The van der Waals surface area contributed by atoms with Gasteiger partial charge in [-0.2, -0.15) is 18.6 Å². The summed E-state index contributed by atoms with van der Waals surface area (Å²) in [5.41, 5.74) is 4.21. The highest BCUT2D eigenvalue weighted by Gasteiger charge is 2.19. The quantitative estimate of drug-likeness (QED) is 0.520. The summed E-state index contributed by atoms with van der Waals surface area (Å²) >= 11 is 0. The summed E-state index contributed by atoms with van der Waals surface area (Å²) in [6, 6.07) is 9.50. The first kappa shape index (κ1) is 18.8. The van der Waals surface area contributed by atoms with E-state index in [4.69, 9.17) is 0 Å². The number of hydrogen-bond acceptors (Lipinski definition) is 4. The molecule has 0 saturated carbocycles. The summed E-state index contributed by atoms with van der Waals surface area (Å²) in [4.78, 5) is 2.46. The SMILES string of the molecule is Cc1cc(C)c(S(=O)(=O)NN=Cc2cn[nH]c2-c2ccc(F)cc2)c(C)c1. The molecule has 1 aromatic heterocycles. The van der Waals surface area contributed by atoms with Crippen LogP contribution in [-0.4, -0.2) is 24.8 Å². The van der Waals surface area contributed by atoms with E-state index >= 15 is 0 Å². The van der Waals surface area contributed by atoms with Gasteiger partial charge in [-0.15, -0.1) is 0 Å². The standard InChI is InChI=1S/C19H19FN4O2S/c1-12-8-13(2)19(14(3)9-12)27(25,26)24-22-11-16-10-21-23-18(16)15-4-6-17(20)7-5-15/h4-11,24H,1-3H3,(H,21,23). The molecule has 0 aliphatic heterocycles. The number of H-pyrrole nitrogens is 1. The number of aromatic nitrogens is 2. The number of aromatic amines is 1. The van der Waals surface area contributed by atoms with Crippen molar-refractivity contribution in [2.75, 3.05) is 0 Å². The Morgan fingerprint density at radius 3 is 2.37 bits per heavy atom. The molecule has 3 rings (SSSR count). The average molecular weight is 386 g/mol. The van der Waals surface area contributed by atoms with Crippen molar-refractivity contribution in [3.05, 3.63) is 70.7 Å². The fourth-order valence-corrected chi connectivity index (χ4v) is 4.29. The minimum absolute atomic E-state index is 0.219. The number of rotatable bonds is 5. The van der Waals surface area contributed by atoms with E-state index in [1.165, 1.54) is 24.5 Å². The molecule has 0 amide bonds. The van der Waals surface area contributed by atoms with Gasteiger partial charge in [-0.3, -0.25) is 5.10 Å². The van der Waals surface area contributed by atoms with Gasteiger partial charge in [0.05, 0.1) is 23.0 Å². The Morgan fingerprint density at radius 1 is 1.11 bits per heavy atom. The molecular formula is C19H19FN4O2S. The minimum Gasteiger partial charge on any atom is -0.277 e. The number of aryl methyl sites for hydroxylation is 3. The van der Waals surface area contributed by atoms with Crippen LogP contribution in [-0.2, 0) is 10.0 Å². The summed E-state index contributed by atoms with van der Waals surface area (Å²) < 4.78 is 38.3. The molecule has 0 aliphatic rings. The van der Waals surface area contributed by atoms with Gasteiger partial charge in [0, 0.05) is 11.1 Å². The van der Waals surface area contributed by atoms with Crippen molar-refractivity contribution in [1.82, 2.24) is 15.0 Å². The molecule has 0 atom stereocenters. The first-order chi connectivity index (χ1) is 12.8. The van der Waals surface area contributed by atoms with Crippen LogP contribution in [0.1, 0.15) is 22.3 Å². The molecule has 8 heteroatoms. The predicted octanol–water partition coefficient (Wildman–Crippen LogP) is 3.45. The molecule has 0 bridgehead atoms. The summed E-state index contributed by atoms with van der Waals surface area (Å²) in [6.07, 6.45) is 2.87. The normalized spacial score (nSPS) is 11.9. The van der Waals surface area contributed by atoms with E-state index in [2.05, 4.69) is 20.1 Å². The van der Waals surface area contributed by atoms with E-state index in [-0.39, 0.29) is 10.7 Å². The fourth-order valence-electron chi connectivity index (χ4n) is 3.04. The Balaban J connectivity index is 1.85. The maximum Gasteiger partial charge on any atom is 0.277 e. The Hall–Kier alpha value is -3.00. The Kier molecular flexibility index (Phi) is 5.09. The smallest absolute Gasteiger partial charge is 0.277 e. The zero-order valence-electron chi connectivity index (χ0n) is 15.1. The van der Waals surface area contributed by atoms with Crippen molar-refractivity contribution >= 4 is 16.2 Å². The number of nitrogens with zero attached hydrogens (tertiary/aromatic N) is 2. The van der Waals surface area contributed by atoms with Crippen molar-refractivity contribution in [3.8, 4) is 11.3 Å². The van der Waals surface area contributed by atoms with Crippen LogP contribution in [0.5, 0.6) is 0 Å². The van der Waals surface area contributed by atoms with Gasteiger partial charge in [-0.05, 0) is 56.2 Å². The lowest BCUT2D eigenvalue weighted by molar-refractivity contribution is 0.583. The lowest BCUT2D eigenvalue weighted by Gasteiger charge is -2.11. The van der Waals surface area contributed by atoms with E-state index in [0.29, 0.717) is 27.9 Å². The van der Waals surface area contributed by atoms with Crippen LogP contribution in [0.3, 0.4) is 0 Å². The molecular weight excluding hydrogens is 367 g/mol. The molecule has 6 nitrogen and oxygen atoms in total. The van der Waals surface area contributed by atoms with Gasteiger partial charge < -0.3 is 0 Å². The van der Waals surface area contributed by atoms with Crippen LogP contribution in [0.4, 0.5) is 4.39 Å². The van der Waals surface area contributed by atoms with Crippen molar-refractivity contribution in [2.45, 2.75) is 25.7 Å². The topological polar surface area (TPSA) is 87.2 Å². The second kappa shape index (κ2) is 7.32. The van der Waals surface area contributed by atoms with Gasteiger partial charge in [-0.25, -0.2) is 9.22 Å². The van der Waals surface area contributed by atoms with Gasteiger partial charge in [0.15, 0.2) is 0 Å². The van der Waals surface area contributed by atoms with Crippen LogP contribution in [0, 0.1) is 26.6 Å². The third-order valence-electron chi connectivity index (χ3n) is 4.05. The Morgan fingerprint density at radius 2 is 1.74 bits per heavy atom. The summed E-state index contributed by atoms with van der Waals surface area (Å²) in [5.74, 6) is -0.343. The van der Waals surface area contributed by atoms with Gasteiger partial charge in [0.2, 0.25) is 0 Å². The van der Waals surface area contributed by atoms with Gasteiger partial charge in [0.1, 0.15) is 5.82 Å². The molecule has 0 spiro atoms. The molecule has 0 saturated heterocycles. The predicted molar refractivity (Wildman–Crippen MR) is 103 cm³/mol. The first-order valence-electron chi connectivity index (χ1n) is 8.20. The maximum atomic E-state index is 13.1. The molecule has 0 fully saturated rings. The van der Waals surface area contributed by atoms with E-state index in [1.54, 1.807) is 26.0 Å². The molecule has 0 radical (unpaired) electrons. The maximum absolute atomic E-state index is 13.1. The summed E-state index contributed by atoms with van der Waals surface area (Å²) in [5, 5.41) is 10.6. The molecule has 2 aromatic carbocycles. The molecule has 1 heterocycles. The number of hydrazone groups is 1. The summed E-state index contributed by atoms with van der Waals surface area (Å²) in [6.45, 7) is 5.42. The molecule has 0 aliphatic carbocycles. The number of hydrogen-bond donors (Lipinski definition) is 2. The first-order valence-corrected chi connectivity index (χ1v) is 9.68. The zero-order chi connectivity index (χ0) is 19.6. The molecule has 0 unspecified atom stereocenters. The third-order valence-corrected chi connectivity index (χ3v) is 5.58. The number of nitrogens with one attached hydrogen (secondary N) is 2. The monoisotopic (exact) mass is 386 g/mol. The lowest BCUT2D eigenvalue weighted by Crippen LogP contribution is -2.20. The summed E-state index contributed by atoms with van der Waals surface area (Å²) in [7, 11) is -3.80. The molecule has 2 N–H and O–H groups in total. The van der Waals surface area contributed by atoms with E-state index in [0.717, 1.165) is 5.56 Å². The highest BCUT2D eigenvalue weighted by molar-refractivity contribution is 7.89. The van der Waals surface area contributed by atoms with Crippen molar-refractivity contribution in [1.29, 1.82) is 0 Å². The van der Waals surface area contributed by atoms with Crippen LogP contribution in [0.15, 0.2) is 52.6 Å². The average Bonchev–Trinajstić information content (AvgIpc) is 3.02. The fraction of sp³-hybridized carbons (Fsp3) is 0.158. The van der Waals surface area contributed by atoms with Crippen LogP contribution in [0.25, 0.3) is 11.3 Å². The highest BCUT2D eigenvalue weighted by atomic mass is 32.2. The highest BCUT2D eigenvalue weighted by Crippen LogP contribution is 2.22. The third kappa shape index (κ3) is 4.06.